The van der Waals surface area contributed by atoms with E-state index < -0.39 is 0 Å². The monoisotopic (exact) mass is 313 g/mol. The van der Waals surface area contributed by atoms with Crippen LogP contribution in [-0.2, 0) is 4.74 Å². The number of nitrogens with one attached hydrogen (secondary N) is 1. The van der Waals surface area contributed by atoms with Crippen molar-refractivity contribution >= 4 is 17.7 Å². The molecule has 3 rings (SSSR count). The summed E-state index contributed by atoms with van der Waals surface area (Å²) in [6, 6.07) is 5.37. The highest BCUT2D eigenvalue weighted by Crippen LogP contribution is 2.14. The summed E-state index contributed by atoms with van der Waals surface area (Å²) in [6.45, 7) is 6.54. The van der Waals surface area contributed by atoms with E-state index in [4.69, 9.17) is 4.74 Å². The van der Waals surface area contributed by atoms with E-state index in [2.05, 4.69) is 20.3 Å². The average Bonchev–Trinajstić information content (AvgIpc) is 2.55. The van der Waals surface area contributed by atoms with E-state index >= 15 is 0 Å². The maximum Gasteiger partial charge on any atom is 0.275 e. The molecule has 0 atom stereocenters. The normalized spacial score (nSPS) is 14.6. The van der Waals surface area contributed by atoms with Crippen molar-refractivity contribution in [3.8, 4) is 0 Å². The lowest BCUT2D eigenvalue weighted by Gasteiger charge is -2.27. The number of aryl methyl sites for hydroxylation is 2. The fourth-order valence-electron chi connectivity index (χ4n) is 2.36. The molecule has 1 aliphatic rings. The Morgan fingerprint density at radius 3 is 2.74 bits per heavy atom. The molecule has 0 unspecified atom stereocenters. The number of carbonyl (C=O) groups is 1. The van der Waals surface area contributed by atoms with Crippen molar-refractivity contribution in [2.75, 3.05) is 36.5 Å². The quantitative estimate of drug-likeness (QED) is 0.926. The van der Waals surface area contributed by atoms with Gasteiger partial charge in [0.15, 0.2) is 0 Å². The van der Waals surface area contributed by atoms with Crippen LogP contribution in [0.2, 0.25) is 0 Å². The summed E-state index contributed by atoms with van der Waals surface area (Å²) in [5, 5.41) is 2.77. The molecule has 7 heteroatoms. The molecule has 3 heterocycles. The summed E-state index contributed by atoms with van der Waals surface area (Å²) < 4.78 is 5.33. The predicted molar refractivity (Wildman–Crippen MR) is 86.7 cm³/mol. The van der Waals surface area contributed by atoms with E-state index in [0.717, 1.165) is 24.3 Å². The van der Waals surface area contributed by atoms with Crippen LogP contribution < -0.4 is 10.2 Å². The van der Waals surface area contributed by atoms with Crippen molar-refractivity contribution in [2.45, 2.75) is 13.8 Å². The lowest BCUT2D eigenvalue weighted by atomic mass is 10.3. The lowest BCUT2D eigenvalue weighted by molar-refractivity contribution is 0.102. The van der Waals surface area contributed by atoms with Gasteiger partial charge in [0.2, 0.25) is 5.95 Å². The summed E-state index contributed by atoms with van der Waals surface area (Å²) >= 11 is 0. The molecular weight excluding hydrogens is 294 g/mol. The highest BCUT2D eigenvalue weighted by molar-refractivity contribution is 6.02. The smallest absolute Gasteiger partial charge is 0.275 e. The number of ether oxygens (including phenoxy) is 1. The highest BCUT2D eigenvalue weighted by atomic mass is 16.5. The third kappa shape index (κ3) is 3.81. The summed E-state index contributed by atoms with van der Waals surface area (Å²) in [5.41, 5.74) is 2.12. The van der Waals surface area contributed by atoms with Gasteiger partial charge in [-0.15, -0.1) is 0 Å². The van der Waals surface area contributed by atoms with Crippen LogP contribution >= 0.6 is 0 Å². The Morgan fingerprint density at radius 2 is 2.00 bits per heavy atom. The zero-order valence-electron chi connectivity index (χ0n) is 13.2. The van der Waals surface area contributed by atoms with Gasteiger partial charge in [0, 0.05) is 25.0 Å². The molecule has 0 aliphatic carbocycles. The van der Waals surface area contributed by atoms with E-state index in [1.807, 2.05) is 30.9 Å². The molecule has 0 radical (unpaired) electrons. The van der Waals surface area contributed by atoms with Gasteiger partial charge in [-0.3, -0.25) is 4.79 Å². The SMILES string of the molecule is Cc1ccnc(NC(=O)c2cc(C)nc(N3CCOCC3)n2)c1. The maximum absolute atomic E-state index is 12.4. The first-order valence-corrected chi connectivity index (χ1v) is 7.54. The number of carbonyl (C=O) groups excluding carboxylic acids is 1. The molecule has 1 amide bonds. The molecule has 0 aromatic carbocycles. The Morgan fingerprint density at radius 1 is 1.22 bits per heavy atom. The Kier molecular flexibility index (Phi) is 4.47. The number of aromatic nitrogens is 3. The van der Waals surface area contributed by atoms with E-state index in [-0.39, 0.29) is 5.91 Å². The second-order valence-corrected chi connectivity index (χ2v) is 5.47. The van der Waals surface area contributed by atoms with Crippen LogP contribution in [0.15, 0.2) is 24.4 Å². The zero-order valence-corrected chi connectivity index (χ0v) is 13.2. The Bertz CT molecular complexity index is 713. The number of nitrogens with zero attached hydrogens (tertiary/aromatic N) is 4. The van der Waals surface area contributed by atoms with Crippen molar-refractivity contribution in [1.82, 2.24) is 15.0 Å². The molecule has 0 saturated carbocycles. The van der Waals surface area contributed by atoms with Crippen LogP contribution in [0, 0.1) is 13.8 Å². The number of morpholine rings is 1. The van der Waals surface area contributed by atoms with Gasteiger partial charge in [0.05, 0.1) is 13.2 Å². The predicted octanol–water partition coefficient (Wildman–Crippen LogP) is 1.58. The summed E-state index contributed by atoms with van der Waals surface area (Å²) in [5.74, 6) is 0.790. The Balaban J connectivity index is 1.81. The maximum atomic E-state index is 12.4. The molecule has 2 aromatic heterocycles. The third-order valence-corrected chi connectivity index (χ3v) is 3.53. The van der Waals surface area contributed by atoms with Crippen LogP contribution in [0.5, 0.6) is 0 Å². The third-order valence-electron chi connectivity index (χ3n) is 3.53. The van der Waals surface area contributed by atoms with Crippen molar-refractivity contribution in [3.05, 3.63) is 41.3 Å². The van der Waals surface area contributed by atoms with E-state index in [0.29, 0.717) is 30.7 Å². The number of anilines is 2. The first kappa shape index (κ1) is 15.4. The van der Waals surface area contributed by atoms with Gasteiger partial charge in [0.1, 0.15) is 11.5 Å². The van der Waals surface area contributed by atoms with Crippen molar-refractivity contribution in [2.24, 2.45) is 0 Å². The van der Waals surface area contributed by atoms with Gasteiger partial charge in [-0.25, -0.2) is 15.0 Å². The molecule has 7 nitrogen and oxygen atoms in total. The van der Waals surface area contributed by atoms with Crippen LogP contribution in [0.1, 0.15) is 21.7 Å². The number of hydrogen-bond donors (Lipinski definition) is 1. The average molecular weight is 313 g/mol. The fraction of sp³-hybridized carbons (Fsp3) is 0.375. The summed E-state index contributed by atoms with van der Waals surface area (Å²) in [4.78, 5) is 27.4. The first-order chi connectivity index (χ1) is 11.1. The minimum absolute atomic E-state index is 0.289. The van der Waals surface area contributed by atoms with Crippen LogP contribution in [0.3, 0.4) is 0 Å². The van der Waals surface area contributed by atoms with Crippen LogP contribution in [-0.4, -0.2) is 47.2 Å². The Labute approximate surface area is 134 Å². The standard InChI is InChI=1S/C16H19N5O2/c1-11-3-4-17-14(9-11)20-15(22)13-10-12(2)18-16(19-13)21-5-7-23-8-6-21/h3-4,9-10H,5-8H2,1-2H3,(H,17,20,22). The van der Waals surface area contributed by atoms with Gasteiger partial charge in [-0.05, 0) is 37.6 Å². The molecule has 1 aliphatic heterocycles. The van der Waals surface area contributed by atoms with Crippen LogP contribution in [0.4, 0.5) is 11.8 Å². The first-order valence-electron chi connectivity index (χ1n) is 7.54. The summed E-state index contributed by atoms with van der Waals surface area (Å²) in [7, 11) is 0. The second kappa shape index (κ2) is 6.70. The number of rotatable bonds is 3. The van der Waals surface area contributed by atoms with Crippen molar-refractivity contribution < 1.29 is 9.53 Å². The molecule has 1 fully saturated rings. The minimum atomic E-state index is -0.289. The molecule has 120 valence electrons. The number of pyridine rings is 1. The lowest BCUT2D eigenvalue weighted by Crippen LogP contribution is -2.37. The van der Waals surface area contributed by atoms with Gasteiger partial charge in [0.25, 0.3) is 5.91 Å². The van der Waals surface area contributed by atoms with Gasteiger partial charge < -0.3 is 15.0 Å². The molecule has 1 saturated heterocycles. The van der Waals surface area contributed by atoms with Crippen LogP contribution in [0.25, 0.3) is 0 Å². The molecule has 23 heavy (non-hydrogen) atoms. The van der Waals surface area contributed by atoms with Gasteiger partial charge in [-0.2, -0.15) is 0 Å². The summed E-state index contributed by atoms with van der Waals surface area (Å²) in [6.07, 6.45) is 1.66. The molecule has 2 aromatic rings. The van der Waals surface area contributed by atoms with E-state index in [1.165, 1.54) is 0 Å². The molecule has 1 N–H and O–H groups in total. The zero-order chi connectivity index (χ0) is 16.2. The molecule has 0 bridgehead atoms. The fourth-order valence-corrected chi connectivity index (χ4v) is 2.36. The minimum Gasteiger partial charge on any atom is -0.378 e. The van der Waals surface area contributed by atoms with E-state index in [9.17, 15) is 4.79 Å². The molecule has 0 spiro atoms. The number of amides is 1. The largest absolute Gasteiger partial charge is 0.378 e. The van der Waals surface area contributed by atoms with Gasteiger partial charge >= 0.3 is 0 Å². The topological polar surface area (TPSA) is 80.2 Å². The Hall–Kier alpha value is -2.54. The van der Waals surface area contributed by atoms with Gasteiger partial charge in [-0.1, -0.05) is 0 Å². The highest BCUT2D eigenvalue weighted by Gasteiger charge is 2.17. The van der Waals surface area contributed by atoms with E-state index in [1.54, 1.807) is 12.3 Å². The van der Waals surface area contributed by atoms with Crippen molar-refractivity contribution in [1.29, 1.82) is 0 Å². The number of hydrogen-bond acceptors (Lipinski definition) is 6. The second-order valence-electron chi connectivity index (χ2n) is 5.47. The van der Waals surface area contributed by atoms with Crippen molar-refractivity contribution in [3.63, 3.8) is 0 Å². The molecular formula is C16H19N5O2.